The Morgan fingerprint density at radius 3 is 2.59 bits per heavy atom. The highest BCUT2D eigenvalue weighted by Gasteiger charge is 2.19. The Morgan fingerprint density at radius 1 is 1.23 bits per heavy atom. The molecule has 0 amide bonds. The number of anilines is 1. The molecule has 0 atom stereocenters. The molecule has 0 aliphatic rings. The molecule has 2 aromatic rings. The van der Waals surface area contributed by atoms with Crippen molar-refractivity contribution in [3.8, 4) is 5.75 Å². The van der Waals surface area contributed by atoms with E-state index >= 15 is 0 Å². The van der Waals surface area contributed by atoms with Crippen LogP contribution in [0.1, 0.15) is 18.1 Å². The van der Waals surface area contributed by atoms with Crippen molar-refractivity contribution in [3.63, 3.8) is 0 Å². The Labute approximate surface area is 130 Å². The number of hydrogen-bond donors (Lipinski definition) is 1. The third-order valence-corrected chi connectivity index (χ3v) is 4.76. The van der Waals surface area contributed by atoms with E-state index in [4.69, 9.17) is 4.74 Å². The number of hydrogen-bond acceptors (Lipinski definition) is 3. The van der Waals surface area contributed by atoms with Crippen molar-refractivity contribution in [2.45, 2.75) is 25.2 Å². The van der Waals surface area contributed by atoms with Crippen molar-refractivity contribution in [3.05, 3.63) is 53.3 Å². The van der Waals surface area contributed by atoms with Gasteiger partial charge >= 0.3 is 0 Å². The highest BCUT2D eigenvalue weighted by atomic mass is 32.2. The maximum atomic E-state index is 13.4. The molecule has 118 valence electrons. The average Bonchev–Trinajstić information content (AvgIpc) is 2.49. The fraction of sp³-hybridized carbons (Fsp3) is 0.250. The smallest absolute Gasteiger partial charge is 0.262 e. The molecule has 0 bridgehead atoms. The monoisotopic (exact) mass is 323 g/mol. The molecule has 0 aliphatic carbocycles. The largest absolute Gasteiger partial charge is 0.494 e. The number of sulfonamides is 1. The minimum Gasteiger partial charge on any atom is -0.494 e. The van der Waals surface area contributed by atoms with Gasteiger partial charge in [0.1, 0.15) is 0 Å². The fourth-order valence-corrected chi connectivity index (χ4v) is 3.36. The lowest BCUT2D eigenvalue weighted by molar-refractivity contribution is 0.385. The molecule has 2 rings (SSSR count). The molecule has 0 heterocycles. The van der Waals surface area contributed by atoms with Crippen molar-refractivity contribution in [2.24, 2.45) is 0 Å². The first-order valence-electron chi connectivity index (χ1n) is 6.84. The third kappa shape index (κ3) is 3.22. The zero-order valence-corrected chi connectivity index (χ0v) is 13.5. The number of benzene rings is 2. The molecule has 0 fully saturated rings. The Balaban J connectivity index is 2.45. The Morgan fingerprint density at radius 2 is 1.95 bits per heavy atom. The van der Waals surface area contributed by atoms with Gasteiger partial charge in [-0.05, 0) is 36.6 Å². The lowest BCUT2D eigenvalue weighted by Gasteiger charge is -2.15. The normalized spacial score (nSPS) is 11.3. The van der Waals surface area contributed by atoms with Crippen LogP contribution in [0.5, 0.6) is 5.75 Å². The number of rotatable bonds is 5. The first kappa shape index (κ1) is 16.3. The van der Waals surface area contributed by atoms with Crippen molar-refractivity contribution in [1.82, 2.24) is 0 Å². The zero-order valence-electron chi connectivity index (χ0n) is 12.7. The zero-order chi connectivity index (χ0) is 16.3. The average molecular weight is 323 g/mol. The van der Waals surface area contributed by atoms with E-state index in [1.54, 1.807) is 0 Å². The molecule has 0 saturated carbocycles. The molecule has 0 unspecified atom stereocenters. The van der Waals surface area contributed by atoms with Crippen LogP contribution in [0.15, 0.2) is 41.3 Å². The van der Waals surface area contributed by atoms with E-state index in [2.05, 4.69) is 4.72 Å². The van der Waals surface area contributed by atoms with Crippen LogP contribution in [0.4, 0.5) is 10.1 Å². The maximum absolute atomic E-state index is 13.4. The Hall–Kier alpha value is -2.08. The second-order valence-corrected chi connectivity index (χ2v) is 6.55. The van der Waals surface area contributed by atoms with Crippen LogP contribution in [-0.4, -0.2) is 15.5 Å². The van der Waals surface area contributed by atoms with Gasteiger partial charge in [-0.3, -0.25) is 4.72 Å². The van der Waals surface area contributed by atoms with E-state index in [1.807, 2.05) is 32.0 Å². The van der Waals surface area contributed by atoms with E-state index in [-0.39, 0.29) is 10.6 Å². The van der Waals surface area contributed by atoms with Gasteiger partial charge in [-0.2, -0.15) is 0 Å². The number of methoxy groups -OCH3 is 1. The second-order valence-electron chi connectivity index (χ2n) is 4.86. The fourth-order valence-electron chi connectivity index (χ4n) is 2.17. The lowest BCUT2D eigenvalue weighted by Crippen LogP contribution is -2.15. The van der Waals surface area contributed by atoms with Crippen LogP contribution < -0.4 is 9.46 Å². The SMILES string of the molecule is CCc1cccc(C)c1NS(=O)(=O)c1ccc(F)c(OC)c1. The molecule has 0 spiro atoms. The summed E-state index contributed by atoms with van der Waals surface area (Å²) < 4.78 is 45.9. The molecule has 0 saturated heterocycles. The van der Waals surface area contributed by atoms with Crippen LogP contribution in [0, 0.1) is 12.7 Å². The van der Waals surface area contributed by atoms with Crippen LogP contribution in [0.25, 0.3) is 0 Å². The highest BCUT2D eigenvalue weighted by Crippen LogP contribution is 2.27. The van der Waals surface area contributed by atoms with Crippen LogP contribution in [0.2, 0.25) is 0 Å². The molecule has 0 aromatic heterocycles. The van der Waals surface area contributed by atoms with Gasteiger partial charge in [0, 0.05) is 6.07 Å². The predicted octanol–water partition coefficient (Wildman–Crippen LogP) is 3.51. The topological polar surface area (TPSA) is 55.4 Å². The number of aryl methyl sites for hydroxylation is 2. The maximum Gasteiger partial charge on any atom is 0.262 e. The lowest BCUT2D eigenvalue weighted by atomic mass is 10.1. The molecule has 0 aliphatic heterocycles. The molecule has 22 heavy (non-hydrogen) atoms. The van der Waals surface area contributed by atoms with Crippen molar-refractivity contribution in [2.75, 3.05) is 11.8 Å². The Bertz CT molecular complexity index is 788. The van der Waals surface area contributed by atoms with Gasteiger partial charge in [0.15, 0.2) is 11.6 Å². The van der Waals surface area contributed by atoms with Crippen LogP contribution in [0.3, 0.4) is 0 Å². The third-order valence-electron chi connectivity index (χ3n) is 3.41. The summed E-state index contributed by atoms with van der Waals surface area (Å²) in [5.74, 6) is -0.713. The molecule has 0 radical (unpaired) electrons. The summed E-state index contributed by atoms with van der Waals surface area (Å²) in [4.78, 5) is -0.0453. The first-order chi connectivity index (χ1) is 10.4. The van der Waals surface area contributed by atoms with Crippen molar-refractivity contribution < 1.29 is 17.5 Å². The summed E-state index contributed by atoms with van der Waals surface area (Å²) in [6.45, 7) is 3.79. The molecule has 1 N–H and O–H groups in total. The molecular weight excluding hydrogens is 305 g/mol. The number of ether oxygens (including phenoxy) is 1. The van der Waals surface area contributed by atoms with Crippen LogP contribution in [-0.2, 0) is 16.4 Å². The van der Waals surface area contributed by atoms with Gasteiger partial charge in [0.2, 0.25) is 0 Å². The molecule has 6 heteroatoms. The quantitative estimate of drug-likeness (QED) is 0.916. The van der Waals surface area contributed by atoms with E-state index in [0.717, 1.165) is 17.2 Å². The number of halogens is 1. The summed E-state index contributed by atoms with van der Waals surface area (Å²) in [5, 5.41) is 0. The van der Waals surface area contributed by atoms with Gasteiger partial charge in [0.05, 0.1) is 17.7 Å². The summed E-state index contributed by atoms with van der Waals surface area (Å²) in [6.07, 6.45) is 0.701. The van der Waals surface area contributed by atoms with E-state index < -0.39 is 15.8 Å². The predicted molar refractivity (Wildman–Crippen MR) is 84.3 cm³/mol. The minimum atomic E-state index is -3.81. The summed E-state index contributed by atoms with van der Waals surface area (Å²) in [7, 11) is -2.52. The molecular formula is C16H18FNO3S. The van der Waals surface area contributed by atoms with E-state index in [1.165, 1.54) is 19.2 Å². The van der Waals surface area contributed by atoms with Gasteiger partial charge in [-0.1, -0.05) is 25.1 Å². The summed E-state index contributed by atoms with van der Waals surface area (Å²) in [6, 6.07) is 9.04. The highest BCUT2D eigenvalue weighted by molar-refractivity contribution is 7.92. The second kappa shape index (κ2) is 6.36. The Kier molecular flexibility index (Phi) is 4.71. The van der Waals surface area contributed by atoms with Gasteiger partial charge in [-0.15, -0.1) is 0 Å². The standard InChI is InChI=1S/C16H18FNO3S/c1-4-12-7-5-6-11(2)16(12)18-22(19,20)13-8-9-14(17)15(10-13)21-3/h5-10,18H,4H2,1-3H3. The van der Waals surface area contributed by atoms with Gasteiger partial charge in [-0.25, -0.2) is 12.8 Å². The minimum absolute atomic E-state index is 0.0453. The molecule has 4 nitrogen and oxygen atoms in total. The summed E-state index contributed by atoms with van der Waals surface area (Å²) in [5.41, 5.74) is 2.29. The summed E-state index contributed by atoms with van der Waals surface area (Å²) >= 11 is 0. The number of nitrogens with one attached hydrogen (secondary N) is 1. The number of para-hydroxylation sites is 1. The van der Waals surface area contributed by atoms with Gasteiger partial charge in [0.25, 0.3) is 10.0 Å². The van der Waals surface area contributed by atoms with Crippen molar-refractivity contribution >= 4 is 15.7 Å². The molecule has 2 aromatic carbocycles. The van der Waals surface area contributed by atoms with Crippen LogP contribution >= 0.6 is 0 Å². The van der Waals surface area contributed by atoms with Gasteiger partial charge < -0.3 is 4.74 Å². The van der Waals surface area contributed by atoms with E-state index in [9.17, 15) is 12.8 Å². The van der Waals surface area contributed by atoms with Crippen molar-refractivity contribution in [1.29, 1.82) is 0 Å². The first-order valence-corrected chi connectivity index (χ1v) is 8.32. The van der Waals surface area contributed by atoms with E-state index in [0.29, 0.717) is 12.1 Å².